The highest BCUT2D eigenvalue weighted by atomic mass is 79.9. The summed E-state index contributed by atoms with van der Waals surface area (Å²) >= 11 is 3.55. The summed E-state index contributed by atoms with van der Waals surface area (Å²) in [6.45, 7) is 4.92. The second-order valence-electron chi connectivity index (χ2n) is 4.95. The van der Waals surface area contributed by atoms with Gasteiger partial charge in [0.05, 0.1) is 13.2 Å². The molecular formula is C14H20BrN3O2. The van der Waals surface area contributed by atoms with Crippen LogP contribution in [0.1, 0.15) is 24.5 Å². The molecule has 0 aromatic heterocycles. The third-order valence-corrected chi connectivity index (χ3v) is 3.73. The second kappa shape index (κ2) is 6.95. The van der Waals surface area contributed by atoms with Gasteiger partial charge in [0.1, 0.15) is 5.75 Å². The molecule has 0 radical (unpaired) electrons. The van der Waals surface area contributed by atoms with Crippen molar-refractivity contribution in [1.82, 2.24) is 4.90 Å². The third-order valence-electron chi connectivity index (χ3n) is 3.27. The van der Waals surface area contributed by atoms with Crippen LogP contribution in [-0.2, 0) is 13.0 Å². The maximum absolute atomic E-state index is 8.72. The number of ether oxygens (including phenoxy) is 1. The molecule has 2 rings (SSSR count). The van der Waals surface area contributed by atoms with Gasteiger partial charge in [-0.2, -0.15) is 0 Å². The summed E-state index contributed by atoms with van der Waals surface area (Å²) in [5.74, 6) is 1.22. The summed E-state index contributed by atoms with van der Waals surface area (Å²) in [6.07, 6.45) is 1.96. The number of oxime groups is 1. The van der Waals surface area contributed by atoms with E-state index < -0.39 is 0 Å². The van der Waals surface area contributed by atoms with E-state index in [2.05, 4.69) is 45.0 Å². The van der Waals surface area contributed by atoms with Crippen molar-refractivity contribution in [2.24, 2.45) is 10.9 Å². The summed E-state index contributed by atoms with van der Waals surface area (Å²) in [5, 5.41) is 11.8. The zero-order valence-electron chi connectivity index (χ0n) is 11.6. The summed E-state index contributed by atoms with van der Waals surface area (Å²) in [6, 6.07) is 4.19. The minimum atomic E-state index is 0.228. The van der Waals surface area contributed by atoms with Gasteiger partial charge >= 0.3 is 0 Å². The highest BCUT2D eigenvalue weighted by Crippen LogP contribution is 2.33. The Balaban J connectivity index is 2.18. The monoisotopic (exact) mass is 341 g/mol. The molecule has 1 heterocycles. The molecule has 1 aromatic carbocycles. The van der Waals surface area contributed by atoms with E-state index in [4.69, 9.17) is 15.7 Å². The van der Waals surface area contributed by atoms with Gasteiger partial charge in [-0.25, -0.2) is 0 Å². The third kappa shape index (κ3) is 3.64. The maximum atomic E-state index is 8.72. The fourth-order valence-corrected chi connectivity index (χ4v) is 3.05. The summed E-state index contributed by atoms with van der Waals surface area (Å²) in [4.78, 5) is 2.15. The maximum Gasteiger partial charge on any atom is 0.153 e. The van der Waals surface area contributed by atoms with E-state index in [1.54, 1.807) is 0 Å². The van der Waals surface area contributed by atoms with Crippen molar-refractivity contribution in [3.05, 3.63) is 27.7 Å². The molecule has 0 saturated carbocycles. The number of amidine groups is 1. The van der Waals surface area contributed by atoms with Crippen LogP contribution in [0.5, 0.6) is 5.75 Å². The zero-order chi connectivity index (χ0) is 14.5. The lowest BCUT2D eigenvalue weighted by atomic mass is 10.1. The predicted octanol–water partition coefficient (Wildman–Crippen LogP) is 2.34. The Morgan fingerprint density at radius 1 is 1.55 bits per heavy atom. The summed E-state index contributed by atoms with van der Waals surface area (Å²) in [7, 11) is 0. The average molecular weight is 342 g/mol. The summed E-state index contributed by atoms with van der Waals surface area (Å²) < 4.78 is 6.80. The van der Waals surface area contributed by atoms with Crippen LogP contribution in [0, 0.1) is 0 Å². The molecule has 6 heteroatoms. The van der Waals surface area contributed by atoms with Crippen molar-refractivity contribution in [1.29, 1.82) is 0 Å². The van der Waals surface area contributed by atoms with E-state index in [-0.39, 0.29) is 5.84 Å². The van der Waals surface area contributed by atoms with Gasteiger partial charge in [0, 0.05) is 23.0 Å². The van der Waals surface area contributed by atoms with Gasteiger partial charge in [-0.3, -0.25) is 4.90 Å². The predicted molar refractivity (Wildman–Crippen MR) is 82.3 cm³/mol. The van der Waals surface area contributed by atoms with Crippen molar-refractivity contribution >= 4 is 21.8 Å². The minimum absolute atomic E-state index is 0.228. The molecule has 1 aromatic rings. The Bertz CT molecular complexity index is 505. The second-order valence-corrected chi connectivity index (χ2v) is 5.87. The highest BCUT2D eigenvalue weighted by Gasteiger charge is 2.19. The van der Waals surface area contributed by atoms with Gasteiger partial charge in [0.2, 0.25) is 0 Å². The Kier molecular flexibility index (Phi) is 5.25. The zero-order valence-corrected chi connectivity index (χ0v) is 13.2. The van der Waals surface area contributed by atoms with Crippen LogP contribution in [0.2, 0.25) is 0 Å². The molecule has 5 nitrogen and oxygen atoms in total. The molecule has 0 aliphatic carbocycles. The molecule has 0 saturated heterocycles. The fourth-order valence-electron chi connectivity index (χ4n) is 2.50. The van der Waals surface area contributed by atoms with Crippen LogP contribution in [-0.4, -0.2) is 35.6 Å². The van der Waals surface area contributed by atoms with Gasteiger partial charge in [-0.1, -0.05) is 28.0 Å². The average Bonchev–Trinajstić information content (AvgIpc) is 2.86. The molecule has 0 atom stereocenters. The number of benzene rings is 1. The molecule has 0 unspecified atom stereocenters. The van der Waals surface area contributed by atoms with Crippen molar-refractivity contribution in [2.75, 3.05) is 19.7 Å². The smallest absolute Gasteiger partial charge is 0.153 e. The Hall–Kier alpha value is -1.27. The Labute approximate surface area is 127 Å². The summed E-state index contributed by atoms with van der Waals surface area (Å²) in [5.41, 5.74) is 8.01. The van der Waals surface area contributed by atoms with Crippen molar-refractivity contribution < 1.29 is 9.94 Å². The van der Waals surface area contributed by atoms with E-state index in [1.807, 2.05) is 0 Å². The molecule has 0 spiro atoms. The van der Waals surface area contributed by atoms with Gasteiger partial charge in [-0.15, -0.1) is 0 Å². The molecule has 110 valence electrons. The van der Waals surface area contributed by atoms with E-state index in [0.29, 0.717) is 6.54 Å². The molecule has 0 amide bonds. The van der Waals surface area contributed by atoms with E-state index in [9.17, 15) is 0 Å². The first-order valence-electron chi connectivity index (χ1n) is 6.77. The molecule has 0 bridgehead atoms. The van der Waals surface area contributed by atoms with Crippen molar-refractivity contribution in [3.8, 4) is 5.75 Å². The molecule has 0 fully saturated rings. The van der Waals surface area contributed by atoms with Crippen LogP contribution in [0.4, 0.5) is 0 Å². The lowest BCUT2D eigenvalue weighted by Gasteiger charge is -2.22. The first-order chi connectivity index (χ1) is 9.63. The molecule has 1 aliphatic rings. The highest BCUT2D eigenvalue weighted by molar-refractivity contribution is 9.10. The largest absolute Gasteiger partial charge is 0.493 e. The normalized spacial score (nSPS) is 14.4. The number of hydrogen-bond acceptors (Lipinski definition) is 4. The number of nitrogens with zero attached hydrogens (tertiary/aromatic N) is 2. The van der Waals surface area contributed by atoms with Crippen LogP contribution in [0.25, 0.3) is 0 Å². The van der Waals surface area contributed by atoms with Gasteiger partial charge < -0.3 is 15.7 Å². The Morgan fingerprint density at radius 2 is 2.35 bits per heavy atom. The molecule has 3 N–H and O–H groups in total. The molecule has 20 heavy (non-hydrogen) atoms. The topological polar surface area (TPSA) is 71.1 Å². The standard InChI is InChI=1S/C14H20BrN3O2/c1-2-4-18(9-13(16)17-19)8-11-7-12(15)6-10-3-5-20-14(10)11/h6-7,19H,2-5,8-9H2,1H3,(H2,16,17). The van der Waals surface area contributed by atoms with Gasteiger partial charge in [-0.05, 0) is 30.7 Å². The lowest BCUT2D eigenvalue weighted by Crippen LogP contribution is -2.34. The van der Waals surface area contributed by atoms with Crippen molar-refractivity contribution in [3.63, 3.8) is 0 Å². The van der Waals surface area contributed by atoms with Crippen LogP contribution < -0.4 is 10.5 Å². The number of hydrogen-bond donors (Lipinski definition) is 2. The number of rotatable bonds is 6. The van der Waals surface area contributed by atoms with Crippen molar-refractivity contribution in [2.45, 2.75) is 26.3 Å². The van der Waals surface area contributed by atoms with Crippen LogP contribution in [0.3, 0.4) is 0 Å². The number of nitrogens with two attached hydrogens (primary N) is 1. The Morgan fingerprint density at radius 3 is 3.05 bits per heavy atom. The minimum Gasteiger partial charge on any atom is -0.493 e. The van der Waals surface area contributed by atoms with Crippen LogP contribution in [0.15, 0.2) is 21.8 Å². The molecule has 1 aliphatic heterocycles. The van der Waals surface area contributed by atoms with E-state index in [1.165, 1.54) is 5.56 Å². The van der Waals surface area contributed by atoms with E-state index in [0.717, 1.165) is 48.3 Å². The fraction of sp³-hybridized carbons (Fsp3) is 0.500. The van der Waals surface area contributed by atoms with Crippen LogP contribution >= 0.6 is 15.9 Å². The quantitative estimate of drug-likeness (QED) is 0.360. The van der Waals surface area contributed by atoms with E-state index >= 15 is 0 Å². The number of fused-ring (bicyclic) bond motifs is 1. The SMILES string of the molecule is CCCN(C/C(N)=N/O)Cc1cc(Br)cc2c1OCC2. The molecular weight excluding hydrogens is 322 g/mol. The van der Waals surface area contributed by atoms with Gasteiger partial charge in [0.15, 0.2) is 5.84 Å². The number of halogens is 1. The first kappa shape index (κ1) is 15.1. The first-order valence-corrected chi connectivity index (χ1v) is 7.56. The lowest BCUT2D eigenvalue weighted by molar-refractivity contribution is 0.280. The van der Waals surface area contributed by atoms with Gasteiger partial charge in [0.25, 0.3) is 0 Å².